The van der Waals surface area contributed by atoms with Gasteiger partial charge in [-0.05, 0) is 67.2 Å². The lowest BCUT2D eigenvalue weighted by Gasteiger charge is -2.19. The largest absolute Gasteiger partial charge is 0.450 e. The monoisotopic (exact) mass is 447 g/mol. The highest BCUT2D eigenvalue weighted by Gasteiger charge is 2.16. The molecule has 0 aromatic rings. The maximum absolute atomic E-state index is 11.6. The molecule has 31 heavy (non-hydrogen) atoms. The first-order valence-electron chi connectivity index (χ1n) is 10.8. The maximum Gasteiger partial charge on any atom is 0.407 e. The van der Waals surface area contributed by atoms with Gasteiger partial charge in [0, 0.05) is 32.8 Å². The third kappa shape index (κ3) is 22.3. The molecule has 10 heteroatoms. The summed E-state index contributed by atoms with van der Waals surface area (Å²) in [6.07, 6.45) is 1.35. The molecule has 0 saturated carbocycles. The minimum absolute atomic E-state index is 0.311. The number of unbranched alkanes of at least 4 members (excludes halogenated alkanes) is 1. The normalized spacial score (nSPS) is 11.4. The summed E-state index contributed by atoms with van der Waals surface area (Å²) in [5, 5.41) is 7.91. The summed E-state index contributed by atoms with van der Waals surface area (Å²) in [4.78, 5) is 34.5. The molecule has 182 valence electrons. The number of amides is 3. The van der Waals surface area contributed by atoms with Crippen LogP contribution in [0.2, 0.25) is 0 Å². The molecule has 0 aromatic carbocycles. The van der Waals surface area contributed by atoms with Gasteiger partial charge >= 0.3 is 18.3 Å². The van der Waals surface area contributed by atoms with Crippen LogP contribution in [-0.2, 0) is 18.9 Å². The third-order valence-corrected chi connectivity index (χ3v) is 3.34. The Kier molecular flexibility index (Phi) is 14.4. The summed E-state index contributed by atoms with van der Waals surface area (Å²) >= 11 is 0. The minimum Gasteiger partial charge on any atom is -0.450 e. The van der Waals surface area contributed by atoms with E-state index in [1.165, 1.54) is 0 Å². The average molecular weight is 448 g/mol. The summed E-state index contributed by atoms with van der Waals surface area (Å²) in [5.41, 5.74) is -1.03. The zero-order chi connectivity index (χ0) is 23.8. The van der Waals surface area contributed by atoms with Gasteiger partial charge in [0.05, 0.1) is 6.61 Å². The molecule has 3 N–H and O–H groups in total. The van der Waals surface area contributed by atoms with Gasteiger partial charge in [-0.25, -0.2) is 14.4 Å². The molecular formula is C21H41N3O7. The fraction of sp³-hybridized carbons (Fsp3) is 0.857. The number of carbonyl (C=O) groups is 3. The summed E-state index contributed by atoms with van der Waals surface area (Å²) in [7, 11) is 0. The van der Waals surface area contributed by atoms with E-state index in [0.717, 1.165) is 6.42 Å². The van der Waals surface area contributed by atoms with E-state index in [2.05, 4.69) is 16.0 Å². The summed E-state index contributed by atoms with van der Waals surface area (Å²) in [6.45, 7) is 13.5. The van der Waals surface area contributed by atoms with E-state index in [1.807, 2.05) is 20.8 Å². The van der Waals surface area contributed by atoms with E-state index in [0.29, 0.717) is 58.7 Å². The van der Waals surface area contributed by atoms with Crippen LogP contribution in [0.1, 0.15) is 67.2 Å². The van der Waals surface area contributed by atoms with Crippen molar-refractivity contribution in [2.75, 3.05) is 39.5 Å². The van der Waals surface area contributed by atoms with E-state index >= 15 is 0 Å². The van der Waals surface area contributed by atoms with Gasteiger partial charge in [0.1, 0.15) is 11.2 Å². The Hall–Kier alpha value is -2.23. The number of nitrogens with one attached hydrogen (secondary N) is 3. The van der Waals surface area contributed by atoms with Crippen molar-refractivity contribution in [3.05, 3.63) is 0 Å². The molecule has 0 heterocycles. The van der Waals surface area contributed by atoms with Crippen LogP contribution in [0.4, 0.5) is 14.4 Å². The van der Waals surface area contributed by atoms with Crippen molar-refractivity contribution in [2.45, 2.75) is 78.4 Å². The Bertz CT molecular complexity index is 528. The Morgan fingerprint density at radius 2 is 1.00 bits per heavy atom. The zero-order valence-electron chi connectivity index (χ0n) is 19.9. The number of alkyl carbamates (subject to hydrolysis) is 3. The Labute approximate surface area is 186 Å². The molecule has 0 spiro atoms. The highest BCUT2D eigenvalue weighted by Crippen LogP contribution is 2.07. The lowest BCUT2D eigenvalue weighted by molar-refractivity contribution is 0.0510. The molecule has 0 radical (unpaired) electrons. The predicted molar refractivity (Wildman–Crippen MR) is 117 cm³/mol. The Morgan fingerprint density at radius 1 is 0.581 bits per heavy atom. The van der Waals surface area contributed by atoms with Crippen LogP contribution in [0.25, 0.3) is 0 Å². The van der Waals surface area contributed by atoms with Gasteiger partial charge in [-0.3, -0.25) is 0 Å². The second kappa shape index (κ2) is 15.6. The molecule has 3 amide bonds. The first-order valence-corrected chi connectivity index (χ1v) is 10.8. The van der Waals surface area contributed by atoms with Crippen LogP contribution in [0.3, 0.4) is 0 Å². The van der Waals surface area contributed by atoms with Gasteiger partial charge in [0.25, 0.3) is 0 Å². The van der Waals surface area contributed by atoms with Crippen molar-refractivity contribution < 1.29 is 33.3 Å². The number of rotatable bonds is 13. The highest BCUT2D eigenvalue weighted by molar-refractivity contribution is 5.68. The first kappa shape index (κ1) is 28.8. The highest BCUT2D eigenvalue weighted by atomic mass is 16.6. The molecule has 0 saturated heterocycles. The van der Waals surface area contributed by atoms with Crippen LogP contribution >= 0.6 is 0 Å². The standard InChI is InChI=1S/C21H41N3O7/c1-20(2,3)30-18(26)23-12-9-11-22-17(25)29-16-8-7-14-28-15-10-13-24-19(27)31-21(4,5)6/h7-16H2,1-6H3,(H,22,25)(H,23,26)(H,24,27). The topological polar surface area (TPSA) is 124 Å². The minimum atomic E-state index is -0.532. The second-order valence-electron chi connectivity index (χ2n) is 8.95. The van der Waals surface area contributed by atoms with Gasteiger partial charge in [-0.15, -0.1) is 0 Å². The van der Waals surface area contributed by atoms with Crippen molar-refractivity contribution in [2.24, 2.45) is 0 Å². The van der Waals surface area contributed by atoms with Gasteiger partial charge < -0.3 is 34.9 Å². The zero-order valence-corrected chi connectivity index (χ0v) is 19.9. The Balaban J connectivity index is 3.42. The van der Waals surface area contributed by atoms with E-state index in [9.17, 15) is 14.4 Å². The molecule has 0 unspecified atom stereocenters. The van der Waals surface area contributed by atoms with Crippen molar-refractivity contribution >= 4 is 18.3 Å². The lowest BCUT2D eigenvalue weighted by Crippen LogP contribution is -2.34. The molecule has 0 aliphatic carbocycles. The smallest absolute Gasteiger partial charge is 0.407 e. The third-order valence-electron chi connectivity index (χ3n) is 3.34. The number of ether oxygens (including phenoxy) is 4. The van der Waals surface area contributed by atoms with Crippen molar-refractivity contribution in [3.63, 3.8) is 0 Å². The molecule has 0 aromatic heterocycles. The van der Waals surface area contributed by atoms with Gasteiger partial charge in [-0.1, -0.05) is 0 Å². The van der Waals surface area contributed by atoms with Gasteiger partial charge in [-0.2, -0.15) is 0 Å². The first-order chi connectivity index (χ1) is 14.4. The molecule has 0 aliphatic heterocycles. The molecular weight excluding hydrogens is 406 g/mol. The van der Waals surface area contributed by atoms with Crippen molar-refractivity contribution in [1.82, 2.24) is 16.0 Å². The average Bonchev–Trinajstić information content (AvgIpc) is 2.60. The summed E-state index contributed by atoms with van der Waals surface area (Å²) in [5.74, 6) is 0. The number of carbonyl (C=O) groups excluding carboxylic acids is 3. The van der Waals surface area contributed by atoms with E-state index in [4.69, 9.17) is 18.9 Å². The lowest BCUT2D eigenvalue weighted by atomic mass is 10.2. The van der Waals surface area contributed by atoms with Gasteiger partial charge in [0.2, 0.25) is 0 Å². The van der Waals surface area contributed by atoms with Crippen LogP contribution in [0.5, 0.6) is 0 Å². The van der Waals surface area contributed by atoms with Crippen LogP contribution in [-0.4, -0.2) is 68.9 Å². The molecule has 0 bridgehead atoms. The SMILES string of the molecule is CC(C)(C)OC(=O)NCCCNC(=O)OCCCCOCCCNC(=O)OC(C)(C)C. The molecule has 0 atom stereocenters. The Morgan fingerprint density at radius 3 is 1.52 bits per heavy atom. The summed E-state index contributed by atoms with van der Waals surface area (Å²) in [6, 6.07) is 0. The molecule has 0 fully saturated rings. The summed E-state index contributed by atoms with van der Waals surface area (Å²) < 4.78 is 20.8. The fourth-order valence-corrected chi connectivity index (χ4v) is 2.09. The van der Waals surface area contributed by atoms with Crippen molar-refractivity contribution in [3.8, 4) is 0 Å². The molecule has 10 nitrogen and oxygen atoms in total. The second-order valence-corrected chi connectivity index (χ2v) is 8.95. The van der Waals surface area contributed by atoms with Crippen LogP contribution in [0.15, 0.2) is 0 Å². The van der Waals surface area contributed by atoms with Crippen LogP contribution in [0, 0.1) is 0 Å². The predicted octanol–water partition coefficient (Wildman–Crippen LogP) is 3.34. The van der Waals surface area contributed by atoms with Gasteiger partial charge in [0.15, 0.2) is 0 Å². The fourth-order valence-electron chi connectivity index (χ4n) is 2.09. The van der Waals surface area contributed by atoms with Crippen LogP contribution < -0.4 is 16.0 Å². The maximum atomic E-state index is 11.6. The molecule has 0 rings (SSSR count). The van der Waals surface area contributed by atoms with Crippen molar-refractivity contribution in [1.29, 1.82) is 0 Å². The quantitative estimate of drug-likeness (QED) is 0.292. The number of hydrogen-bond donors (Lipinski definition) is 3. The number of hydrogen-bond acceptors (Lipinski definition) is 7. The van der Waals surface area contributed by atoms with E-state index < -0.39 is 29.5 Å². The van der Waals surface area contributed by atoms with E-state index in [-0.39, 0.29) is 0 Å². The van der Waals surface area contributed by atoms with E-state index in [1.54, 1.807) is 20.8 Å². The molecule has 0 aliphatic rings.